The number of rotatable bonds is 23. The lowest BCUT2D eigenvalue weighted by Gasteiger charge is -2.18. The normalized spacial score (nSPS) is 15.5. The highest BCUT2D eigenvalue weighted by molar-refractivity contribution is 6.46. The van der Waals surface area contributed by atoms with Gasteiger partial charge in [-0.2, -0.15) is 50.5 Å². The minimum Gasteiger partial charge on any atom is -0.497 e. The van der Waals surface area contributed by atoms with Crippen LogP contribution in [-0.4, -0.2) is 153 Å². The minimum absolute atomic E-state index is 0.00607. The van der Waals surface area contributed by atoms with Gasteiger partial charge in [-0.15, -0.1) is 20.4 Å². The number of methoxy groups -OCH3 is 1. The number of ether oxygens (including phenoxy) is 1. The summed E-state index contributed by atoms with van der Waals surface area (Å²) in [7, 11) is 1.48. The number of nitrogens with one attached hydrogen (secondary N) is 7. The van der Waals surface area contributed by atoms with Crippen molar-refractivity contribution in [2.45, 2.75) is 112 Å². The van der Waals surface area contributed by atoms with E-state index in [1.807, 2.05) is 26.8 Å². The number of benzene rings is 6. The van der Waals surface area contributed by atoms with Gasteiger partial charge in [0.2, 0.25) is 11.8 Å². The number of carbonyl (C=O) groups is 12. The highest BCUT2D eigenvalue weighted by Crippen LogP contribution is 2.45. The number of aromatic nitrogens is 8. The van der Waals surface area contributed by atoms with Crippen LogP contribution >= 0.6 is 139 Å². The summed E-state index contributed by atoms with van der Waals surface area (Å²) in [6.07, 6.45) is 13.2. The molecule has 0 bridgehead atoms. The number of anilines is 6. The molecule has 144 heavy (non-hydrogen) atoms. The predicted octanol–water partition coefficient (Wildman–Crippen LogP) is 18.0. The molecule has 4 atom stereocenters. The van der Waals surface area contributed by atoms with Gasteiger partial charge in [-0.05, 0) is 176 Å². The fourth-order valence-corrected chi connectivity index (χ4v) is 17.3. The third kappa shape index (κ3) is 27.0. The summed E-state index contributed by atoms with van der Waals surface area (Å²) in [6, 6.07) is 24.3. The van der Waals surface area contributed by atoms with Gasteiger partial charge in [0.1, 0.15) is 34.3 Å². The third-order valence-electron chi connectivity index (χ3n) is 20.4. The van der Waals surface area contributed by atoms with Crippen molar-refractivity contribution < 1.29 is 62.3 Å². The van der Waals surface area contributed by atoms with Gasteiger partial charge >= 0.3 is 0 Å². The SMILES string of the molecule is C=C(C)C(=O)NC1=NN(c2c(Cl)cc(C)cc2Cl)C(=O)C1n1cccn1.C=C(C)C(=O)NC1=NN(c2c(Cl)cc(Cl)cc2Cl)C(=O)C1n1cccn1.C=C(C)C(=O)NC1=NN(c2c(Cl)cc(OC)cc2Cl)C(=O)C1n1nc(C)cc1C.C=C(C)C(=O)Nc1cccc(C(=O)NC2=NN(c3c(Cl)cc(Cl)cc3Cl)C(=O)C2n2cc(C)cn2)c1.C=CC(=O)NCCCCCC(=O)NC1=NN(c2cc(Cl)ccc2Cl)C(=O)C1. The molecular weight excluding hydrogens is 2110 g/mol. The van der Waals surface area contributed by atoms with Gasteiger partial charge in [-0.3, -0.25) is 71.6 Å². The average Bonchev–Trinajstić information content (AvgIpc) is 1.62. The molecule has 6 aromatic carbocycles. The van der Waals surface area contributed by atoms with Gasteiger partial charge in [-0.1, -0.05) is 185 Å². The van der Waals surface area contributed by atoms with Gasteiger partial charge in [0.05, 0.1) is 76.3 Å². The molecule has 0 spiro atoms. The summed E-state index contributed by atoms with van der Waals surface area (Å²) >= 11 is 74.3. The molecule has 0 fully saturated rings. The molecule has 9 heterocycles. The molecule has 50 heteroatoms. The van der Waals surface area contributed by atoms with E-state index in [-0.39, 0.29) is 149 Å². The standard InChI is InChI=1S/C24H19Cl3N6O3.C19H19Cl2N5O3.C18H20Cl2N4O3.C17H15Cl2N5O2.C16H12Cl3N5O2/c1-12(2)22(34)29-16-6-4-5-14(7-16)23(35)30-21-20(32-11-13(3)10-28-32)24(36)33(31-21)19-17(26)8-15(25)9-18(19)27;1-9(2)18(27)22-17-16(25-11(4)6-10(3)23-25)19(28)26(24-17)15-13(20)7-12(29-5)8-14(15)21;1-2-16(25)21-9-5-3-4-6-17(26)22-15-11-18(27)24(23-15)14-10-12(19)7-8-13(14)20;1-9(2)16(25)21-15-14(23-6-4-5-20-23)17(26)24(22-15)13-11(18)7-10(3)8-12(13)19;1-8(2)15(25)21-14-13(23-5-3-4-20-23)16(26)24(22-14)12-10(18)6-9(17)7-11(12)19/h4-11,20H,1H2,2-3H3,(H,29,34)(H,30,31,35);6-8,16H,1H2,2-5H3,(H,22,24,27);2,7-8,10H,1,3-6,9,11H2,(H,21,25)(H,22,23,26);4-8,14H,1H2,2-3H3,(H,21,22,25);3-7,13H,1H2,2H3,(H,21,22,25). The number of hydrazone groups is 5. The Morgan fingerprint density at radius 3 is 1.31 bits per heavy atom. The summed E-state index contributed by atoms with van der Waals surface area (Å²) in [5, 5.41) is 64.6. The smallest absolute Gasteiger partial charge is 0.280 e. The Hall–Kier alpha value is -13.9. The maximum Gasteiger partial charge on any atom is 0.280 e. The van der Waals surface area contributed by atoms with E-state index in [0.29, 0.717) is 57.2 Å². The zero-order valence-corrected chi connectivity index (χ0v) is 86.5. The lowest BCUT2D eigenvalue weighted by molar-refractivity contribution is -0.120. The number of amidine groups is 5. The van der Waals surface area contributed by atoms with Gasteiger partial charge in [0.25, 0.3) is 59.1 Å². The Balaban J connectivity index is 0.000000173. The molecular formula is C94H85Cl12N25O13. The van der Waals surface area contributed by atoms with Crippen molar-refractivity contribution in [3.63, 3.8) is 0 Å². The van der Waals surface area contributed by atoms with Crippen molar-refractivity contribution in [2.24, 2.45) is 25.5 Å². The Morgan fingerprint density at radius 1 is 0.444 bits per heavy atom. The second-order valence-electron chi connectivity index (χ2n) is 31.8. The Morgan fingerprint density at radius 2 is 0.882 bits per heavy atom. The third-order valence-corrected chi connectivity index (χ3v) is 23.7. The summed E-state index contributed by atoms with van der Waals surface area (Å²) in [5.74, 6) is -3.97. The zero-order chi connectivity index (χ0) is 105. The minimum atomic E-state index is -1.09. The molecule has 4 aromatic heterocycles. The van der Waals surface area contributed by atoms with Crippen molar-refractivity contribution in [1.82, 2.24) is 71.0 Å². The summed E-state index contributed by atoms with van der Waals surface area (Å²) in [4.78, 5) is 149. The maximum atomic E-state index is 13.5. The second-order valence-corrected chi connectivity index (χ2v) is 36.8. The van der Waals surface area contributed by atoms with Crippen molar-refractivity contribution >= 4 is 273 Å². The fourth-order valence-electron chi connectivity index (χ4n) is 13.6. The van der Waals surface area contributed by atoms with E-state index in [9.17, 15) is 57.5 Å². The second kappa shape index (κ2) is 48.9. The van der Waals surface area contributed by atoms with E-state index in [0.717, 1.165) is 60.4 Å². The molecule has 0 radical (unpaired) electrons. The lowest BCUT2D eigenvalue weighted by atomic mass is 10.1. The topological polar surface area (TPSA) is 448 Å². The van der Waals surface area contributed by atoms with Crippen molar-refractivity contribution in [3.05, 3.63) is 296 Å². The van der Waals surface area contributed by atoms with E-state index in [1.165, 1.54) is 86.8 Å². The first-order chi connectivity index (χ1) is 68.2. The monoisotopic (exact) mass is 2190 g/mol. The first kappa shape index (κ1) is 111. The van der Waals surface area contributed by atoms with Crippen LogP contribution in [0.15, 0.2) is 233 Å². The number of aryl methyl sites for hydroxylation is 4. The highest BCUT2D eigenvalue weighted by Gasteiger charge is 2.47. The molecule has 10 aromatic rings. The predicted molar refractivity (Wildman–Crippen MR) is 558 cm³/mol. The van der Waals surface area contributed by atoms with Crippen LogP contribution in [0.2, 0.25) is 60.3 Å². The van der Waals surface area contributed by atoms with Crippen molar-refractivity contribution in [1.29, 1.82) is 0 Å². The van der Waals surface area contributed by atoms with Gasteiger partial charge in [-0.25, -0.2) is 4.68 Å². The van der Waals surface area contributed by atoms with Crippen LogP contribution in [-0.2, 0) is 52.7 Å². The lowest BCUT2D eigenvalue weighted by Crippen LogP contribution is -2.39. The molecule has 0 aliphatic carbocycles. The molecule has 38 nitrogen and oxygen atoms in total. The molecule has 748 valence electrons. The highest BCUT2D eigenvalue weighted by atomic mass is 35.5. The number of unbranched alkanes of at least 4 members (excludes halogenated alkanes) is 2. The molecule has 0 saturated carbocycles. The number of hydrogen-bond donors (Lipinski definition) is 7. The molecule has 15 rings (SSSR count). The van der Waals surface area contributed by atoms with Crippen molar-refractivity contribution in [3.8, 4) is 5.75 Å². The van der Waals surface area contributed by atoms with Gasteiger partial charge in [0, 0.05) is 110 Å². The average molecular weight is 2200 g/mol. The molecule has 0 saturated heterocycles. The fraction of sp³-hybridized carbons (Fsp3) is 0.202. The van der Waals surface area contributed by atoms with Crippen LogP contribution < -0.4 is 67.0 Å². The largest absolute Gasteiger partial charge is 0.497 e. The molecule has 5 aliphatic heterocycles. The van der Waals surface area contributed by atoms with Crippen LogP contribution in [0.25, 0.3) is 0 Å². The van der Waals surface area contributed by atoms with Crippen LogP contribution in [0.1, 0.15) is 117 Å². The van der Waals surface area contributed by atoms with Crippen LogP contribution in [0.4, 0.5) is 34.1 Å². The first-order valence-corrected chi connectivity index (χ1v) is 47.0. The number of halogens is 12. The van der Waals surface area contributed by atoms with Crippen LogP contribution in [0, 0.1) is 27.7 Å². The van der Waals surface area contributed by atoms with Crippen molar-refractivity contribution in [2.75, 3.05) is 44.0 Å². The summed E-state index contributed by atoms with van der Waals surface area (Å²) in [6.45, 7) is 31.8. The molecule has 4 unspecified atom stereocenters. The number of carbonyl (C=O) groups excluding carboxylic acids is 12. The van der Waals surface area contributed by atoms with Gasteiger partial charge in [0.15, 0.2) is 47.5 Å². The summed E-state index contributed by atoms with van der Waals surface area (Å²) in [5.41, 5.74) is 5.96. The quantitative estimate of drug-likeness (QED) is 0.0231. The van der Waals surface area contributed by atoms with Crippen LogP contribution in [0.5, 0.6) is 5.75 Å². The Bertz CT molecular complexity index is 6810. The van der Waals surface area contributed by atoms with E-state index in [2.05, 4.69) is 116 Å². The number of nitrogens with zero attached hydrogens (tertiary/aromatic N) is 18. The maximum absolute atomic E-state index is 13.5. The Kier molecular flexibility index (Phi) is 37.6. The summed E-state index contributed by atoms with van der Waals surface area (Å²) < 4.78 is 10.8. The van der Waals surface area contributed by atoms with E-state index in [4.69, 9.17) is 144 Å². The number of hydrogen-bond acceptors (Lipinski definition) is 22. The molecule has 12 amide bonds. The van der Waals surface area contributed by atoms with Crippen LogP contribution in [0.3, 0.4) is 0 Å². The number of amides is 12. The Labute approximate surface area is 882 Å². The molecule has 7 N–H and O–H groups in total. The first-order valence-electron chi connectivity index (χ1n) is 42.5. The van der Waals surface area contributed by atoms with E-state index >= 15 is 0 Å². The zero-order valence-electron chi connectivity index (χ0n) is 77.4. The van der Waals surface area contributed by atoms with E-state index in [1.54, 1.807) is 120 Å². The van der Waals surface area contributed by atoms with E-state index < -0.39 is 71.4 Å². The van der Waals surface area contributed by atoms with Gasteiger partial charge < -0.3 is 42.0 Å². The molecule has 5 aliphatic rings.